The first-order valence-electron chi connectivity index (χ1n) is 10.0. The Morgan fingerprint density at radius 1 is 1.31 bits per heavy atom. The van der Waals surface area contributed by atoms with Crippen LogP contribution in [0.25, 0.3) is 0 Å². The number of oxime groups is 1. The molecule has 3 saturated carbocycles. The molecule has 6 nitrogen and oxygen atoms in total. The Hall–Kier alpha value is -1.40. The van der Waals surface area contributed by atoms with Gasteiger partial charge >= 0.3 is 5.97 Å². The van der Waals surface area contributed by atoms with E-state index in [-0.39, 0.29) is 30.3 Å². The van der Waals surface area contributed by atoms with Crippen LogP contribution in [0.2, 0.25) is 0 Å². The van der Waals surface area contributed by atoms with Gasteiger partial charge in [-0.05, 0) is 43.9 Å². The van der Waals surface area contributed by atoms with Gasteiger partial charge in [0, 0.05) is 18.3 Å². The normalized spacial score (nSPS) is 34.6. The Balaban J connectivity index is 1.44. The molecule has 5 atom stereocenters. The summed E-state index contributed by atoms with van der Waals surface area (Å²) in [4.78, 5) is 15.7. The number of nitrogens with zero attached hydrogens (tertiary/aromatic N) is 1. The highest BCUT2D eigenvalue weighted by Crippen LogP contribution is 2.48. The van der Waals surface area contributed by atoms with E-state index in [0.29, 0.717) is 18.9 Å². The van der Waals surface area contributed by atoms with Crippen molar-refractivity contribution in [2.45, 2.75) is 70.0 Å². The molecule has 0 amide bonds. The smallest absolute Gasteiger partial charge is 0.303 e. The first-order valence-corrected chi connectivity index (χ1v) is 10.0. The molecular weight excluding hydrogens is 334 g/mol. The third kappa shape index (κ3) is 4.65. The van der Waals surface area contributed by atoms with Crippen molar-refractivity contribution in [3.05, 3.63) is 12.2 Å². The molecule has 0 heterocycles. The molecule has 3 unspecified atom stereocenters. The van der Waals surface area contributed by atoms with Crippen molar-refractivity contribution in [1.29, 1.82) is 0 Å². The highest BCUT2D eigenvalue weighted by molar-refractivity contribution is 5.93. The van der Waals surface area contributed by atoms with Crippen LogP contribution in [0.15, 0.2) is 17.3 Å². The lowest BCUT2D eigenvalue weighted by molar-refractivity contribution is -0.137. The molecule has 0 bridgehead atoms. The topological polar surface area (TPSA) is 99.4 Å². The van der Waals surface area contributed by atoms with E-state index in [1.807, 2.05) is 12.2 Å². The SMILES string of the molecule is O=C(O)CCCON=C1C[C@H]2C(O)C(C=CC(O)C3CCCCC3)C[C@H]12. The molecule has 0 aromatic heterocycles. The van der Waals surface area contributed by atoms with Gasteiger partial charge in [-0.1, -0.05) is 36.6 Å². The summed E-state index contributed by atoms with van der Waals surface area (Å²) in [5.41, 5.74) is 0.980. The minimum Gasteiger partial charge on any atom is -0.481 e. The molecule has 6 heteroatoms. The highest BCUT2D eigenvalue weighted by atomic mass is 16.6. The Labute approximate surface area is 154 Å². The number of aliphatic hydroxyl groups excluding tert-OH is 2. The van der Waals surface area contributed by atoms with Crippen molar-refractivity contribution in [2.24, 2.45) is 28.8 Å². The largest absolute Gasteiger partial charge is 0.481 e. The molecule has 0 aromatic carbocycles. The minimum atomic E-state index is -0.825. The van der Waals surface area contributed by atoms with Gasteiger partial charge < -0.3 is 20.2 Å². The summed E-state index contributed by atoms with van der Waals surface area (Å²) in [6.07, 6.45) is 11.2. The van der Waals surface area contributed by atoms with Crippen LogP contribution in [0.4, 0.5) is 0 Å². The highest BCUT2D eigenvalue weighted by Gasteiger charge is 2.51. The lowest BCUT2D eigenvalue weighted by Crippen LogP contribution is -2.38. The lowest BCUT2D eigenvalue weighted by Gasteiger charge is -2.33. The van der Waals surface area contributed by atoms with Gasteiger partial charge in [0.25, 0.3) is 0 Å². The summed E-state index contributed by atoms with van der Waals surface area (Å²) in [6.45, 7) is 0.312. The zero-order chi connectivity index (χ0) is 18.5. The maximum Gasteiger partial charge on any atom is 0.303 e. The van der Waals surface area contributed by atoms with Crippen LogP contribution in [0.3, 0.4) is 0 Å². The first kappa shape index (κ1) is 19.4. The van der Waals surface area contributed by atoms with Crippen LogP contribution in [0, 0.1) is 23.7 Å². The summed E-state index contributed by atoms with van der Waals surface area (Å²) >= 11 is 0. The van der Waals surface area contributed by atoms with Gasteiger partial charge in [-0.25, -0.2) is 0 Å². The third-order valence-corrected chi connectivity index (χ3v) is 6.29. The van der Waals surface area contributed by atoms with E-state index < -0.39 is 12.1 Å². The average molecular weight is 365 g/mol. The molecule has 26 heavy (non-hydrogen) atoms. The zero-order valence-electron chi connectivity index (χ0n) is 15.3. The molecule has 3 N–H and O–H groups in total. The van der Waals surface area contributed by atoms with E-state index in [1.54, 1.807) is 0 Å². The van der Waals surface area contributed by atoms with Crippen LogP contribution in [-0.4, -0.2) is 45.8 Å². The number of carboxylic acid groups (broad SMARTS) is 1. The van der Waals surface area contributed by atoms with Gasteiger partial charge in [0.2, 0.25) is 0 Å². The van der Waals surface area contributed by atoms with Crippen LogP contribution in [-0.2, 0) is 9.63 Å². The molecule has 3 rings (SSSR count). The second kappa shape index (κ2) is 9.00. The fourth-order valence-corrected chi connectivity index (χ4v) is 4.64. The van der Waals surface area contributed by atoms with Gasteiger partial charge in [0.15, 0.2) is 0 Å². The molecule has 0 spiro atoms. The number of hydrogen-bond donors (Lipinski definition) is 3. The van der Waals surface area contributed by atoms with E-state index in [4.69, 9.17) is 9.94 Å². The number of carbonyl (C=O) groups is 1. The molecule has 0 aliphatic heterocycles. The van der Waals surface area contributed by atoms with Crippen molar-refractivity contribution in [1.82, 2.24) is 0 Å². The van der Waals surface area contributed by atoms with E-state index >= 15 is 0 Å². The predicted octanol–water partition coefficient (Wildman–Crippen LogP) is 2.74. The zero-order valence-corrected chi connectivity index (χ0v) is 15.3. The Morgan fingerprint density at radius 2 is 2.08 bits per heavy atom. The minimum absolute atomic E-state index is 0.0722. The van der Waals surface area contributed by atoms with Crippen molar-refractivity contribution >= 4 is 11.7 Å². The molecule has 3 aliphatic carbocycles. The van der Waals surface area contributed by atoms with E-state index in [1.165, 1.54) is 19.3 Å². The van der Waals surface area contributed by atoms with E-state index in [2.05, 4.69) is 5.16 Å². The van der Waals surface area contributed by atoms with Crippen molar-refractivity contribution in [3.8, 4) is 0 Å². The molecule has 0 saturated heterocycles. The number of carboxylic acids is 1. The second-order valence-electron chi connectivity index (χ2n) is 8.05. The van der Waals surface area contributed by atoms with Crippen molar-refractivity contribution < 1.29 is 25.0 Å². The number of aliphatic hydroxyl groups is 2. The fraction of sp³-hybridized carbons (Fsp3) is 0.800. The van der Waals surface area contributed by atoms with Crippen molar-refractivity contribution in [2.75, 3.05) is 6.61 Å². The summed E-state index contributed by atoms with van der Waals surface area (Å²) < 4.78 is 0. The van der Waals surface area contributed by atoms with Gasteiger partial charge in [-0.2, -0.15) is 0 Å². The van der Waals surface area contributed by atoms with Gasteiger partial charge in [0.1, 0.15) is 6.61 Å². The molecule has 3 fully saturated rings. The molecule has 146 valence electrons. The molecule has 0 aromatic rings. The Kier molecular flexibility index (Phi) is 6.70. The maximum absolute atomic E-state index is 10.5. The first-order chi connectivity index (χ1) is 12.6. The third-order valence-electron chi connectivity index (χ3n) is 6.29. The van der Waals surface area contributed by atoms with Gasteiger partial charge in [-0.15, -0.1) is 0 Å². The molecular formula is C20H31NO5. The van der Waals surface area contributed by atoms with Crippen molar-refractivity contribution in [3.63, 3.8) is 0 Å². The van der Waals surface area contributed by atoms with Gasteiger partial charge in [-0.3, -0.25) is 4.79 Å². The lowest BCUT2D eigenvalue weighted by atomic mass is 9.73. The summed E-state index contributed by atoms with van der Waals surface area (Å²) in [5, 5.41) is 33.6. The van der Waals surface area contributed by atoms with Crippen LogP contribution in [0.5, 0.6) is 0 Å². The van der Waals surface area contributed by atoms with E-state index in [9.17, 15) is 15.0 Å². The maximum atomic E-state index is 10.5. The summed E-state index contributed by atoms with van der Waals surface area (Å²) in [6, 6.07) is 0. The monoisotopic (exact) mass is 365 g/mol. The summed E-state index contributed by atoms with van der Waals surface area (Å²) in [7, 11) is 0. The van der Waals surface area contributed by atoms with Crippen LogP contribution < -0.4 is 0 Å². The van der Waals surface area contributed by atoms with Gasteiger partial charge in [0.05, 0.1) is 17.9 Å². The van der Waals surface area contributed by atoms with Crippen LogP contribution in [0.1, 0.15) is 57.8 Å². The van der Waals surface area contributed by atoms with E-state index in [0.717, 1.165) is 31.4 Å². The standard InChI is InChI=1S/C20H31NO5/c22-18(13-5-2-1-3-6-13)9-8-14-11-15-16(20(14)25)12-17(15)21-26-10-4-7-19(23)24/h8-9,13-16,18,20,22,25H,1-7,10-12H2,(H,23,24)/t14?,15-,16+,18?,20?/m0/s1. The number of hydrogen-bond acceptors (Lipinski definition) is 5. The molecule has 3 aliphatic rings. The Bertz CT molecular complexity index is 540. The average Bonchev–Trinajstić information content (AvgIpc) is 2.87. The molecule has 0 radical (unpaired) electrons. The number of rotatable bonds is 8. The quantitative estimate of drug-likeness (QED) is 0.349. The predicted molar refractivity (Wildman–Crippen MR) is 97.7 cm³/mol. The van der Waals surface area contributed by atoms with Crippen LogP contribution >= 0.6 is 0 Å². The summed E-state index contributed by atoms with van der Waals surface area (Å²) in [5.74, 6) is 0.104. The number of fused-ring (bicyclic) bond motifs is 1. The second-order valence-corrected chi connectivity index (χ2v) is 8.05. The number of aliphatic carboxylic acids is 1. The fourth-order valence-electron chi connectivity index (χ4n) is 4.64. The Morgan fingerprint density at radius 3 is 2.81 bits per heavy atom.